The molecule has 72 valence electrons. The lowest BCUT2D eigenvalue weighted by Crippen LogP contribution is -2.27. The SMILES string of the molecule is COC1CC(C(C)O)C(OC)O1. The van der Waals surface area contributed by atoms with Gasteiger partial charge < -0.3 is 19.3 Å². The van der Waals surface area contributed by atoms with Gasteiger partial charge in [-0.25, -0.2) is 0 Å². The van der Waals surface area contributed by atoms with Crippen molar-refractivity contribution in [2.75, 3.05) is 14.2 Å². The summed E-state index contributed by atoms with van der Waals surface area (Å²) in [5, 5.41) is 9.35. The Morgan fingerprint density at radius 1 is 1.42 bits per heavy atom. The lowest BCUT2D eigenvalue weighted by atomic mass is 10.0. The van der Waals surface area contributed by atoms with Crippen LogP contribution in [0.3, 0.4) is 0 Å². The molecule has 1 heterocycles. The Morgan fingerprint density at radius 3 is 2.42 bits per heavy atom. The van der Waals surface area contributed by atoms with E-state index in [0.717, 1.165) is 0 Å². The van der Waals surface area contributed by atoms with Crippen LogP contribution in [0, 0.1) is 5.92 Å². The largest absolute Gasteiger partial charge is 0.393 e. The van der Waals surface area contributed by atoms with E-state index in [1.807, 2.05) is 0 Å². The van der Waals surface area contributed by atoms with Crippen molar-refractivity contribution in [3.8, 4) is 0 Å². The highest BCUT2D eigenvalue weighted by atomic mass is 16.8. The van der Waals surface area contributed by atoms with Crippen molar-refractivity contribution in [2.45, 2.75) is 32.0 Å². The summed E-state index contributed by atoms with van der Waals surface area (Å²) in [7, 11) is 3.15. The smallest absolute Gasteiger partial charge is 0.165 e. The number of ether oxygens (including phenoxy) is 3. The molecule has 0 aromatic carbocycles. The van der Waals surface area contributed by atoms with Crippen LogP contribution in [0.15, 0.2) is 0 Å². The van der Waals surface area contributed by atoms with Crippen molar-refractivity contribution in [2.24, 2.45) is 5.92 Å². The Hall–Kier alpha value is -0.160. The van der Waals surface area contributed by atoms with Gasteiger partial charge in [0, 0.05) is 26.6 Å². The lowest BCUT2D eigenvalue weighted by Gasteiger charge is -2.18. The monoisotopic (exact) mass is 176 g/mol. The third-order valence-corrected chi connectivity index (χ3v) is 2.21. The standard InChI is InChI=1S/C8H16O4/c1-5(9)6-4-7(10-2)12-8(6)11-3/h5-9H,4H2,1-3H3. The molecule has 0 aromatic rings. The summed E-state index contributed by atoms with van der Waals surface area (Å²) in [5.41, 5.74) is 0. The summed E-state index contributed by atoms with van der Waals surface area (Å²) < 4.78 is 15.4. The predicted molar refractivity (Wildman–Crippen MR) is 42.5 cm³/mol. The normalized spacial score (nSPS) is 38.5. The Labute approximate surface area is 72.4 Å². The van der Waals surface area contributed by atoms with Crippen molar-refractivity contribution in [3.05, 3.63) is 0 Å². The Bertz CT molecular complexity index is 137. The van der Waals surface area contributed by atoms with E-state index in [1.54, 1.807) is 21.1 Å². The molecule has 1 saturated heterocycles. The molecular weight excluding hydrogens is 160 g/mol. The second-order valence-electron chi connectivity index (χ2n) is 3.05. The number of aliphatic hydroxyl groups is 1. The van der Waals surface area contributed by atoms with Crippen LogP contribution in [0.5, 0.6) is 0 Å². The topological polar surface area (TPSA) is 47.9 Å². The van der Waals surface area contributed by atoms with Crippen molar-refractivity contribution in [3.63, 3.8) is 0 Å². The molecule has 0 amide bonds. The molecule has 0 spiro atoms. The fourth-order valence-corrected chi connectivity index (χ4v) is 1.45. The zero-order valence-electron chi connectivity index (χ0n) is 7.69. The van der Waals surface area contributed by atoms with Gasteiger partial charge in [0.25, 0.3) is 0 Å². The molecule has 0 aromatic heterocycles. The number of methoxy groups -OCH3 is 2. The third-order valence-electron chi connectivity index (χ3n) is 2.21. The van der Waals surface area contributed by atoms with E-state index in [2.05, 4.69) is 0 Å². The number of rotatable bonds is 3. The minimum absolute atomic E-state index is 0.0138. The Kier molecular flexibility index (Phi) is 3.46. The van der Waals surface area contributed by atoms with E-state index in [1.165, 1.54) is 0 Å². The molecule has 4 atom stereocenters. The summed E-state index contributed by atoms with van der Waals surface area (Å²) in [6.45, 7) is 1.73. The van der Waals surface area contributed by atoms with Crippen molar-refractivity contribution >= 4 is 0 Å². The first-order valence-electron chi connectivity index (χ1n) is 4.08. The van der Waals surface area contributed by atoms with Crippen LogP contribution in [0.1, 0.15) is 13.3 Å². The molecule has 4 unspecified atom stereocenters. The van der Waals surface area contributed by atoms with Gasteiger partial charge in [-0.1, -0.05) is 0 Å². The molecule has 1 N–H and O–H groups in total. The van der Waals surface area contributed by atoms with Gasteiger partial charge in [0.1, 0.15) is 0 Å². The van der Waals surface area contributed by atoms with E-state index in [-0.39, 0.29) is 18.5 Å². The van der Waals surface area contributed by atoms with E-state index < -0.39 is 6.10 Å². The van der Waals surface area contributed by atoms with E-state index in [0.29, 0.717) is 6.42 Å². The summed E-state index contributed by atoms with van der Waals surface area (Å²) >= 11 is 0. The maximum atomic E-state index is 9.35. The molecule has 1 aliphatic rings. The fraction of sp³-hybridized carbons (Fsp3) is 1.00. The van der Waals surface area contributed by atoms with Gasteiger partial charge in [-0.2, -0.15) is 0 Å². The summed E-state index contributed by atoms with van der Waals surface area (Å²) in [5.74, 6) is 0.0138. The minimum atomic E-state index is -0.421. The van der Waals surface area contributed by atoms with Gasteiger partial charge in [-0.15, -0.1) is 0 Å². The molecule has 4 heteroatoms. The highest BCUT2D eigenvalue weighted by Gasteiger charge is 2.38. The van der Waals surface area contributed by atoms with Gasteiger partial charge in [0.05, 0.1) is 6.10 Å². The molecule has 12 heavy (non-hydrogen) atoms. The van der Waals surface area contributed by atoms with Crippen LogP contribution in [-0.4, -0.2) is 38.0 Å². The lowest BCUT2D eigenvalue weighted by molar-refractivity contribution is -0.197. The summed E-state index contributed by atoms with van der Waals surface area (Å²) in [6.07, 6.45) is -0.313. The average molecular weight is 176 g/mol. The van der Waals surface area contributed by atoms with Gasteiger partial charge in [-0.05, 0) is 6.92 Å². The molecule has 4 nitrogen and oxygen atoms in total. The van der Waals surface area contributed by atoms with Gasteiger partial charge in [0.15, 0.2) is 12.6 Å². The van der Waals surface area contributed by atoms with Crippen LogP contribution in [0.2, 0.25) is 0 Å². The molecule has 0 saturated carbocycles. The van der Waals surface area contributed by atoms with Gasteiger partial charge >= 0.3 is 0 Å². The maximum Gasteiger partial charge on any atom is 0.165 e. The third kappa shape index (κ3) is 1.95. The van der Waals surface area contributed by atoms with Crippen LogP contribution in [0.4, 0.5) is 0 Å². The fourth-order valence-electron chi connectivity index (χ4n) is 1.45. The molecule has 0 bridgehead atoms. The molecule has 1 rings (SSSR count). The van der Waals surface area contributed by atoms with Crippen molar-refractivity contribution in [1.29, 1.82) is 0 Å². The summed E-state index contributed by atoms with van der Waals surface area (Å²) in [4.78, 5) is 0. The van der Waals surface area contributed by atoms with Crippen LogP contribution in [-0.2, 0) is 14.2 Å². The molecule has 1 aliphatic heterocycles. The second-order valence-corrected chi connectivity index (χ2v) is 3.05. The highest BCUT2D eigenvalue weighted by molar-refractivity contribution is 4.76. The van der Waals surface area contributed by atoms with Crippen LogP contribution >= 0.6 is 0 Å². The highest BCUT2D eigenvalue weighted by Crippen LogP contribution is 2.29. The maximum absolute atomic E-state index is 9.35. The number of hydrogen-bond donors (Lipinski definition) is 1. The molecular formula is C8H16O4. The second kappa shape index (κ2) is 4.18. The van der Waals surface area contributed by atoms with Crippen LogP contribution < -0.4 is 0 Å². The number of aliphatic hydroxyl groups excluding tert-OH is 1. The van der Waals surface area contributed by atoms with Crippen molar-refractivity contribution < 1.29 is 19.3 Å². The molecule has 0 radical (unpaired) electrons. The van der Waals surface area contributed by atoms with Crippen molar-refractivity contribution in [1.82, 2.24) is 0 Å². The van der Waals surface area contributed by atoms with E-state index in [9.17, 15) is 5.11 Å². The molecule has 0 aliphatic carbocycles. The minimum Gasteiger partial charge on any atom is -0.393 e. The zero-order valence-corrected chi connectivity index (χ0v) is 7.69. The quantitative estimate of drug-likeness (QED) is 0.674. The van der Waals surface area contributed by atoms with E-state index >= 15 is 0 Å². The van der Waals surface area contributed by atoms with Gasteiger partial charge in [-0.3, -0.25) is 0 Å². The zero-order chi connectivity index (χ0) is 9.14. The first-order valence-corrected chi connectivity index (χ1v) is 4.08. The summed E-state index contributed by atoms with van der Waals surface area (Å²) in [6, 6.07) is 0. The Balaban J connectivity index is 2.50. The molecule has 1 fully saturated rings. The van der Waals surface area contributed by atoms with Crippen LogP contribution in [0.25, 0.3) is 0 Å². The average Bonchev–Trinajstić information content (AvgIpc) is 2.47. The number of hydrogen-bond acceptors (Lipinski definition) is 4. The first kappa shape index (κ1) is 9.92. The predicted octanol–water partition coefficient (Wildman–Crippen LogP) is 0.349. The Morgan fingerprint density at radius 2 is 2.08 bits per heavy atom. The first-order chi connectivity index (χ1) is 5.69. The van der Waals surface area contributed by atoms with E-state index in [4.69, 9.17) is 14.2 Å². The van der Waals surface area contributed by atoms with Gasteiger partial charge in [0.2, 0.25) is 0 Å².